The number of aliphatic carboxylic acids is 1. The largest absolute Gasteiger partial charge is 0.549 e. The van der Waals surface area contributed by atoms with Crippen molar-refractivity contribution in [2.75, 3.05) is 18.3 Å². The van der Waals surface area contributed by atoms with Gasteiger partial charge in [0.2, 0.25) is 0 Å². The predicted octanol–water partition coefficient (Wildman–Crippen LogP) is 2.79. The van der Waals surface area contributed by atoms with Crippen LogP contribution in [0.25, 0.3) is 0 Å². The van der Waals surface area contributed by atoms with Crippen molar-refractivity contribution in [2.45, 2.75) is 12.7 Å². The molecule has 0 aliphatic rings. The normalized spacial score (nSPS) is 11.3. The number of ether oxygens (including phenoxy) is 1. The molecule has 0 saturated carbocycles. The molecule has 0 spiro atoms. The first-order valence-corrected chi connectivity index (χ1v) is 8.76. The van der Waals surface area contributed by atoms with Gasteiger partial charge in [0.05, 0.1) is 24.5 Å². The Bertz CT molecular complexity index is 828. The Morgan fingerprint density at radius 2 is 2.04 bits per heavy atom. The van der Waals surface area contributed by atoms with E-state index in [0.717, 1.165) is 23.3 Å². The molecule has 0 unspecified atom stereocenters. The van der Waals surface area contributed by atoms with Crippen molar-refractivity contribution < 1.29 is 23.4 Å². The van der Waals surface area contributed by atoms with Gasteiger partial charge in [-0.3, -0.25) is 5.43 Å². The van der Waals surface area contributed by atoms with E-state index >= 15 is 0 Å². The maximum atomic E-state index is 13.6. The molecule has 138 valence electrons. The molecule has 2 aromatic rings. The fourth-order valence-electron chi connectivity index (χ4n) is 2.15. The molecule has 0 atom stereocenters. The van der Waals surface area contributed by atoms with Crippen molar-refractivity contribution in [2.24, 2.45) is 5.10 Å². The lowest BCUT2D eigenvalue weighted by molar-refractivity contribution is -0.301. The molecule has 0 amide bonds. The van der Waals surface area contributed by atoms with Crippen LogP contribution in [0.3, 0.4) is 0 Å². The maximum absolute atomic E-state index is 13.6. The number of hydrogen-bond acceptors (Lipinski definition) is 6. The first-order chi connectivity index (χ1) is 12.4. The lowest BCUT2D eigenvalue weighted by atomic mass is 10.1. The Morgan fingerprint density at radius 1 is 1.27 bits per heavy atom. The van der Waals surface area contributed by atoms with Crippen molar-refractivity contribution in [1.29, 1.82) is 0 Å². The molecule has 0 aliphatic heterocycles. The summed E-state index contributed by atoms with van der Waals surface area (Å²) < 4.78 is 31.8. The smallest absolute Gasteiger partial charge is 0.151 e. The van der Waals surface area contributed by atoms with E-state index in [-0.39, 0.29) is 11.4 Å². The summed E-state index contributed by atoms with van der Waals surface area (Å²) in [7, 11) is 1.53. The van der Waals surface area contributed by atoms with Crippen LogP contribution in [0.15, 0.2) is 41.5 Å². The van der Waals surface area contributed by atoms with Gasteiger partial charge < -0.3 is 14.6 Å². The van der Waals surface area contributed by atoms with Crippen molar-refractivity contribution in [3.8, 4) is 5.75 Å². The van der Waals surface area contributed by atoms with Crippen LogP contribution in [0.4, 0.5) is 14.5 Å². The quantitative estimate of drug-likeness (QED) is 0.564. The fraction of sp³-hybridized carbons (Fsp3) is 0.222. The third-order valence-corrected chi connectivity index (χ3v) is 4.41. The number of hydrazone groups is 1. The van der Waals surface area contributed by atoms with Crippen molar-refractivity contribution in [1.82, 2.24) is 0 Å². The van der Waals surface area contributed by atoms with Crippen LogP contribution in [0, 0.1) is 11.6 Å². The van der Waals surface area contributed by atoms with Gasteiger partial charge in [0, 0.05) is 23.1 Å². The number of carboxylic acid groups (broad SMARTS) is 1. The molecule has 26 heavy (non-hydrogen) atoms. The number of carbonyl (C=O) groups is 1. The van der Waals surface area contributed by atoms with Crippen LogP contribution in [-0.2, 0) is 10.5 Å². The molecule has 0 fully saturated rings. The molecule has 5 nitrogen and oxygen atoms in total. The summed E-state index contributed by atoms with van der Waals surface area (Å²) in [5.74, 6) is -1.60. The zero-order valence-electron chi connectivity index (χ0n) is 14.2. The number of carbonyl (C=O) groups excluding carboxylic acids is 1. The predicted molar refractivity (Wildman–Crippen MR) is 96.4 cm³/mol. The molecule has 0 aliphatic carbocycles. The Hall–Kier alpha value is -2.61. The van der Waals surface area contributed by atoms with Crippen LogP contribution in [0.1, 0.15) is 18.1 Å². The summed E-state index contributed by atoms with van der Waals surface area (Å²) in [6.45, 7) is 1.73. The lowest BCUT2D eigenvalue weighted by Crippen LogP contribution is -2.24. The fourth-order valence-corrected chi connectivity index (χ4v) is 2.86. The number of nitrogens with zero attached hydrogens (tertiary/aromatic N) is 1. The summed E-state index contributed by atoms with van der Waals surface area (Å²) in [4.78, 5) is 10.5. The van der Waals surface area contributed by atoms with Gasteiger partial charge >= 0.3 is 0 Å². The summed E-state index contributed by atoms with van der Waals surface area (Å²) in [6.07, 6.45) is 0. The molecule has 2 aromatic carbocycles. The van der Waals surface area contributed by atoms with Gasteiger partial charge in [-0.25, -0.2) is 8.78 Å². The van der Waals surface area contributed by atoms with Crippen LogP contribution in [-0.4, -0.2) is 24.5 Å². The Morgan fingerprint density at radius 3 is 2.69 bits per heavy atom. The standard InChI is InChI=1S/C18H18F2N2O3S/c1-11(21-22-16-5-4-14(19)8-15(16)20)12-3-6-17(25-2)13(7-12)9-26-10-18(23)24/h3-8,22H,9-10H2,1-2H3,(H,23,24)/p-1/b21-11-. The molecular weight excluding hydrogens is 362 g/mol. The number of carboxylic acids is 1. The molecule has 0 bridgehead atoms. The number of anilines is 1. The van der Waals surface area contributed by atoms with E-state index in [2.05, 4.69) is 10.5 Å². The van der Waals surface area contributed by atoms with E-state index in [1.54, 1.807) is 19.1 Å². The van der Waals surface area contributed by atoms with Crippen LogP contribution in [0.5, 0.6) is 5.75 Å². The third kappa shape index (κ3) is 5.45. The highest BCUT2D eigenvalue weighted by Crippen LogP contribution is 2.25. The summed E-state index contributed by atoms with van der Waals surface area (Å²) in [5, 5.41) is 14.7. The highest BCUT2D eigenvalue weighted by atomic mass is 32.2. The van der Waals surface area contributed by atoms with E-state index < -0.39 is 17.6 Å². The number of halogens is 2. The topological polar surface area (TPSA) is 73.8 Å². The summed E-state index contributed by atoms with van der Waals surface area (Å²) >= 11 is 1.20. The molecular formula is C18H17F2N2O3S-. The van der Waals surface area contributed by atoms with E-state index in [4.69, 9.17) is 4.74 Å². The second kappa shape index (κ2) is 9.19. The summed E-state index contributed by atoms with van der Waals surface area (Å²) in [6, 6.07) is 8.53. The molecule has 0 saturated heterocycles. The zero-order valence-corrected chi connectivity index (χ0v) is 15.0. The van der Waals surface area contributed by atoms with Gasteiger partial charge in [0.1, 0.15) is 11.6 Å². The van der Waals surface area contributed by atoms with Gasteiger partial charge in [0.25, 0.3) is 0 Å². The Balaban J connectivity index is 2.16. The maximum Gasteiger partial charge on any atom is 0.151 e. The molecule has 8 heteroatoms. The molecule has 1 N–H and O–H groups in total. The van der Waals surface area contributed by atoms with Gasteiger partial charge in [0.15, 0.2) is 5.82 Å². The van der Waals surface area contributed by atoms with Gasteiger partial charge in [-0.15, -0.1) is 0 Å². The number of methoxy groups -OCH3 is 1. The number of thioether (sulfide) groups is 1. The first-order valence-electron chi connectivity index (χ1n) is 7.61. The van der Waals surface area contributed by atoms with Gasteiger partial charge in [-0.05, 0) is 42.8 Å². The minimum atomic E-state index is -1.13. The first kappa shape index (κ1) is 19.7. The monoisotopic (exact) mass is 379 g/mol. The van der Waals surface area contributed by atoms with Crippen LogP contribution in [0.2, 0.25) is 0 Å². The van der Waals surface area contributed by atoms with Crippen molar-refractivity contribution >= 4 is 29.1 Å². The Kier molecular flexibility index (Phi) is 6.97. The van der Waals surface area contributed by atoms with E-state index in [1.165, 1.54) is 24.9 Å². The molecule has 0 heterocycles. The van der Waals surface area contributed by atoms with Crippen molar-refractivity contribution in [3.63, 3.8) is 0 Å². The number of benzene rings is 2. The van der Waals surface area contributed by atoms with Crippen LogP contribution < -0.4 is 15.3 Å². The Labute approximate surface area is 154 Å². The number of nitrogens with one attached hydrogen (secondary N) is 1. The minimum Gasteiger partial charge on any atom is -0.549 e. The van der Waals surface area contributed by atoms with E-state index in [1.807, 2.05) is 6.07 Å². The van der Waals surface area contributed by atoms with Gasteiger partial charge in [-0.2, -0.15) is 16.9 Å². The molecule has 0 radical (unpaired) electrons. The number of rotatable bonds is 8. The lowest BCUT2D eigenvalue weighted by Gasteiger charge is -2.11. The SMILES string of the molecule is COc1ccc(/C(C)=N\Nc2ccc(F)cc2F)cc1CSCC(=O)[O-]. The summed E-state index contributed by atoms with van der Waals surface area (Å²) in [5.41, 5.74) is 4.76. The molecule has 0 aromatic heterocycles. The van der Waals surface area contributed by atoms with E-state index in [9.17, 15) is 18.7 Å². The van der Waals surface area contributed by atoms with Gasteiger partial charge in [-0.1, -0.05) is 0 Å². The van der Waals surface area contributed by atoms with Crippen molar-refractivity contribution in [3.05, 3.63) is 59.2 Å². The average Bonchev–Trinajstić information content (AvgIpc) is 2.60. The third-order valence-electron chi connectivity index (χ3n) is 3.45. The highest BCUT2D eigenvalue weighted by molar-refractivity contribution is 7.99. The van der Waals surface area contributed by atoms with Crippen LogP contribution >= 0.6 is 11.8 Å². The molecule has 2 rings (SSSR count). The minimum absolute atomic E-state index is 0.0593. The zero-order chi connectivity index (χ0) is 19.1. The average molecular weight is 379 g/mol. The highest BCUT2D eigenvalue weighted by Gasteiger charge is 2.08. The second-order valence-corrected chi connectivity index (χ2v) is 6.31. The second-order valence-electron chi connectivity index (χ2n) is 5.32. The van der Waals surface area contributed by atoms with E-state index in [0.29, 0.717) is 17.2 Å². The number of hydrogen-bond donors (Lipinski definition) is 1.